The Balaban J connectivity index is 2.54. The fraction of sp³-hybridized carbons (Fsp3) is 0.818. The molecular formula is C11H22N4O2. The molecule has 6 heteroatoms. The molecule has 0 radical (unpaired) electrons. The molecule has 3 amide bonds. The third-order valence-corrected chi connectivity index (χ3v) is 3.22. The van der Waals surface area contributed by atoms with E-state index in [9.17, 15) is 9.59 Å². The summed E-state index contributed by atoms with van der Waals surface area (Å²) in [5.41, 5.74) is 0. The van der Waals surface area contributed by atoms with E-state index in [0.717, 1.165) is 19.6 Å². The van der Waals surface area contributed by atoms with Crippen molar-refractivity contribution in [3.8, 4) is 0 Å². The van der Waals surface area contributed by atoms with Gasteiger partial charge in [0.2, 0.25) is 5.91 Å². The minimum absolute atomic E-state index is 0.249. The minimum atomic E-state index is -0.455. The minimum Gasteiger partial charge on any atom is -0.341 e. The predicted octanol–water partition coefficient (Wildman–Crippen LogP) is -0.534. The highest BCUT2D eigenvalue weighted by Gasteiger charge is 2.29. The van der Waals surface area contributed by atoms with Crippen molar-refractivity contribution in [2.75, 3.05) is 33.7 Å². The number of amides is 3. The quantitative estimate of drug-likeness (QED) is 0.683. The highest BCUT2D eigenvalue weighted by atomic mass is 16.2. The van der Waals surface area contributed by atoms with Crippen LogP contribution >= 0.6 is 0 Å². The molecule has 1 aliphatic heterocycles. The molecule has 1 heterocycles. The molecule has 0 aromatic heterocycles. The Morgan fingerprint density at radius 2 is 2.00 bits per heavy atom. The number of rotatable bonds is 2. The van der Waals surface area contributed by atoms with Gasteiger partial charge in [0.25, 0.3) is 0 Å². The summed E-state index contributed by atoms with van der Waals surface area (Å²) < 4.78 is 0. The van der Waals surface area contributed by atoms with Crippen LogP contribution in [0.1, 0.15) is 13.8 Å². The number of imide groups is 1. The Morgan fingerprint density at radius 1 is 1.35 bits per heavy atom. The zero-order valence-corrected chi connectivity index (χ0v) is 11.0. The highest BCUT2D eigenvalue weighted by molar-refractivity contribution is 5.96. The van der Waals surface area contributed by atoms with Gasteiger partial charge in [-0.1, -0.05) is 0 Å². The van der Waals surface area contributed by atoms with E-state index in [2.05, 4.69) is 34.4 Å². The van der Waals surface area contributed by atoms with Crippen LogP contribution in [0.5, 0.6) is 0 Å². The van der Waals surface area contributed by atoms with Gasteiger partial charge in [0.05, 0.1) is 6.04 Å². The van der Waals surface area contributed by atoms with Gasteiger partial charge in [0.1, 0.15) is 0 Å². The normalized spacial score (nSPS) is 24.1. The average molecular weight is 242 g/mol. The Kier molecular flexibility index (Phi) is 4.89. The molecule has 0 saturated carbocycles. The van der Waals surface area contributed by atoms with Crippen molar-refractivity contribution in [2.45, 2.75) is 25.9 Å². The van der Waals surface area contributed by atoms with E-state index in [0.29, 0.717) is 6.04 Å². The van der Waals surface area contributed by atoms with Crippen molar-refractivity contribution >= 4 is 11.9 Å². The Bertz CT molecular complexity index is 295. The fourth-order valence-electron chi connectivity index (χ4n) is 2.16. The molecule has 2 atom stereocenters. The van der Waals surface area contributed by atoms with Crippen LogP contribution in [0.25, 0.3) is 0 Å². The first-order valence-corrected chi connectivity index (χ1v) is 5.92. The molecule has 1 aliphatic rings. The maximum atomic E-state index is 11.8. The van der Waals surface area contributed by atoms with Crippen molar-refractivity contribution in [1.29, 1.82) is 0 Å². The zero-order valence-electron chi connectivity index (χ0n) is 11.0. The van der Waals surface area contributed by atoms with E-state index < -0.39 is 6.03 Å². The van der Waals surface area contributed by atoms with Gasteiger partial charge in [0, 0.05) is 32.7 Å². The number of carbonyl (C=O) groups is 2. The second-order valence-corrected chi connectivity index (χ2v) is 4.59. The average Bonchev–Trinajstić information content (AvgIpc) is 2.28. The van der Waals surface area contributed by atoms with Crippen LogP contribution in [0.2, 0.25) is 0 Å². The molecule has 6 nitrogen and oxygen atoms in total. The van der Waals surface area contributed by atoms with Crippen LogP contribution in [0.4, 0.5) is 4.79 Å². The van der Waals surface area contributed by atoms with Crippen molar-refractivity contribution in [3.63, 3.8) is 0 Å². The van der Waals surface area contributed by atoms with E-state index in [4.69, 9.17) is 0 Å². The first-order chi connectivity index (χ1) is 7.95. The molecule has 1 rings (SSSR count). The molecule has 0 bridgehead atoms. The summed E-state index contributed by atoms with van der Waals surface area (Å²) in [6.07, 6.45) is 0. The van der Waals surface area contributed by atoms with Crippen LogP contribution in [0.15, 0.2) is 0 Å². The van der Waals surface area contributed by atoms with Crippen LogP contribution in [0.3, 0.4) is 0 Å². The van der Waals surface area contributed by atoms with Gasteiger partial charge in [-0.25, -0.2) is 4.79 Å². The van der Waals surface area contributed by atoms with Crippen LogP contribution in [0, 0.1) is 0 Å². The maximum absolute atomic E-state index is 11.8. The largest absolute Gasteiger partial charge is 0.341 e. The summed E-state index contributed by atoms with van der Waals surface area (Å²) >= 11 is 0. The standard InChI is InChI=1S/C11H22N4O2/c1-8-7-14(4)5-6-15(8)9(2)10(16)13-11(17)12-3/h8-9H,5-7H2,1-4H3,(H2,12,13,16,17)/t8-,9-/m0/s1. The van der Waals surface area contributed by atoms with Crippen LogP contribution < -0.4 is 10.6 Å². The van der Waals surface area contributed by atoms with Gasteiger partial charge >= 0.3 is 6.03 Å². The molecule has 17 heavy (non-hydrogen) atoms. The third-order valence-electron chi connectivity index (χ3n) is 3.22. The first kappa shape index (κ1) is 13.9. The number of piperazine rings is 1. The highest BCUT2D eigenvalue weighted by Crippen LogP contribution is 2.11. The lowest BCUT2D eigenvalue weighted by Gasteiger charge is -2.40. The van der Waals surface area contributed by atoms with Crippen molar-refractivity contribution in [1.82, 2.24) is 20.4 Å². The third kappa shape index (κ3) is 3.67. The van der Waals surface area contributed by atoms with Crippen molar-refractivity contribution in [2.24, 2.45) is 0 Å². The lowest BCUT2D eigenvalue weighted by atomic mass is 10.1. The topological polar surface area (TPSA) is 64.7 Å². The number of hydrogen-bond donors (Lipinski definition) is 2. The number of urea groups is 1. The van der Waals surface area contributed by atoms with Gasteiger partial charge in [-0.2, -0.15) is 0 Å². The summed E-state index contributed by atoms with van der Waals surface area (Å²) in [7, 11) is 3.56. The Morgan fingerprint density at radius 3 is 2.53 bits per heavy atom. The predicted molar refractivity (Wildman–Crippen MR) is 65.7 cm³/mol. The monoisotopic (exact) mass is 242 g/mol. The van der Waals surface area contributed by atoms with Crippen LogP contribution in [-0.4, -0.2) is 67.6 Å². The van der Waals surface area contributed by atoms with E-state index in [1.165, 1.54) is 7.05 Å². The second kappa shape index (κ2) is 5.97. The molecule has 0 spiro atoms. The Hall–Kier alpha value is -1.14. The van der Waals surface area contributed by atoms with Gasteiger partial charge in [-0.15, -0.1) is 0 Å². The molecule has 1 saturated heterocycles. The number of likely N-dealkylation sites (N-methyl/N-ethyl adjacent to an activating group) is 1. The molecule has 0 unspecified atom stereocenters. The zero-order chi connectivity index (χ0) is 13.0. The molecule has 0 aliphatic carbocycles. The lowest BCUT2D eigenvalue weighted by Crippen LogP contribution is -2.58. The summed E-state index contributed by atoms with van der Waals surface area (Å²) in [5.74, 6) is -0.249. The maximum Gasteiger partial charge on any atom is 0.321 e. The van der Waals surface area contributed by atoms with Crippen molar-refractivity contribution < 1.29 is 9.59 Å². The first-order valence-electron chi connectivity index (χ1n) is 5.92. The fourth-order valence-corrected chi connectivity index (χ4v) is 2.16. The molecule has 0 aromatic carbocycles. The van der Waals surface area contributed by atoms with Gasteiger partial charge in [-0.3, -0.25) is 15.0 Å². The van der Waals surface area contributed by atoms with Gasteiger partial charge < -0.3 is 10.2 Å². The number of hydrogen-bond acceptors (Lipinski definition) is 4. The molecule has 2 N–H and O–H groups in total. The molecule has 98 valence electrons. The number of nitrogens with one attached hydrogen (secondary N) is 2. The van der Waals surface area contributed by atoms with Gasteiger partial charge in [0.15, 0.2) is 0 Å². The summed E-state index contributed by atoms with van der Waals surface area (Å²) in [5, 5.41) is 4.69. The molecule has 0 aromatic rings. The van der Waals surface area contributed by atoms with Crippen molar-refractivity contribution in [3.05, 3.63) is 0 Å². The van der Waals surface area contributed by atoms with E-state index >= 15 is 0 Å². The van der Waals surface area contributed by atoms with Crippen LogP contribution in [-0.2, 0) is 4.79 Å². The molecular weight excluding hydrogens is 220 g/mol. The Labute approximate surface area is 102 Å². The summed E-state index contributed by atoms with van der Waals surface area (Å²) in [4.78, 5) is 27.2. The number of carbonyl (C=O) groups excluding carboxylic acids is 2. The van der Waals surface area contributed by atoms with E-state index in [1.54, 1.807) is 0 Å². The smallest absolute Gasteiger partial charge is 0.321 e. The number of nitrogens with zero attached hydrogens (tertiary/aromatic N) is 2. The summed E-state index contributed by atoms with van der Waals surface area (Å²) in [6, 6.07) is -0.418. The SMILES string of the molecule is CNC(=O)NC(=O)[C@H](C)N1CCN(C)C[C@@H]1C. The molecule has 1 fully saturated rings. The lowest BCUT2D eigenvalue weighted by molar-refractivity contribution is -0.126. The van der Waals surface area contributed by atoms with E-state index in [1.807, 2.05) is 6.92 Å². The second-order valence-electron chi connectivity index (χ2n) is 4.59. The summed E-state index contributed by atoms with van der Waals surface area (Å²) in [6.45, 7) is 6.67. The van der Waals surface area contributed by atoms with Gasteiger partial charge in [-0.05, 0) is 20.9 Å². The van der Waals surface area contributed by atoms with E-state index in [-0.39, 0.29) is 11.9 Å².